The summed E-state index contributed by atoms with van der Waals surface area (Å²) in [6.07, 6.45) is 6.11. The fourth-order valence-electron chi connectivity index (χ4n) is 7.68. The number of para-hydroxylation sites is 1. The van der Waals surface area contributed by atoms with Gasteiger partial charge in [0.1, 0.15) is 17.1 Å². The molecule has 0 unspecified atom stereocenters. The largest absolute Gasteiger partial charge is 0.481 e. The van der Waals surface area contributed by atoms with Gasteiger partial charge in [0.15, 0.2) is 0 Å². The van der Waals surface area contributed by atoms with Crippen molar-refractivity contribution in [1.82, 2.24) is 40.9 Å². The zero-order valence-electron chi connectivity index (χ0n) is 36.5. The average molecular weight is 943 g/mol. The number of amides is 4. The maximum Gasteiger partial charge on any atom is 0.304 e. The molecular weight excluding hydrogens is 886 g/mol. The number of H-pyrrole nitrogens is 1. The van der Waals surface area contributed by atoms with Gasteiger partial charge in [0.2, 0.25) is 23.6 Å². The number of carbonyl (C=O) groups is 5. The van der Waals surface area contributed by atoms with E-state index in [1.54, 1.807) is 13.2 Å². The van der Waals surface area contributed by atoms with Gasteiger partial charge in [-0.05, 0) is 115 Å². The monoisotopic (exact) mass is 941 g/mol. The van der Waals surface area contributed by atoms with Gasteiger partial charge in [0, 0.05) is 73.1 Å². The Labute approximate surface area is 392 Å². The van der Waals surface area contributed by atoms with Crippen LogP contribution in [-0.4, -0.2) is 94.4 Å². The van der Waals surface area contributed by atoms with E-state index in [9.17, 15) is 24.0 Å². The normalized spacial score (nSPS) is 17.4. The first kappa shape index (κ1) is 49.0. The third-order valence-corrected chi connectivity index (χ3v) is 13.7. The Bertz CT molecular complexity index is 2450. The molecule has 1 aliphatic rings. The van der Waals surface area contributed by atoms with Crippen LogP contribution in [0.3, 0.4) is 0 Å². The number of rotatable bonds is 16. The molecule has 0 saturated heterocycles. The molecule has 0 aliphatic carbocycles. The Hall–Kier alpha value is -5.43. The number of benzene rings is 3. The number of carboxylic acid groups (broad SMARTS) is 1. The molecule has 3 atom stereocenters. The number of aromatic nitrogens is 2. The molecule has 18 heteroatoms. The summed E-state index contributed by atoms with van der Waals surface area (Å²) >= 11 is 9.66. The summed E-state index contributed by atoms with van der Waals surface area (Å²) in [6.45, 7) is 2.93. The Kier molecular flexibility index (Phi) is 18.2. The molecule has 2 aromatic heterocycles. The fraction of sp³-hybridized carbons (Fsp3) is 0.362. The number of likely N-dealkylation sites (N-methyl/N-ethyl adjacent to an activating group) is 1. The molecule has 344 valence electrons. The summed E-state index contributed by atoms with van der Waals surface area (Å²) in [5.41, 5.74) is 10.8. The SMILES string of the molecule is CC(=O)NSc1ccc(-c2ccc(Cl)c3c2CNC(=O)[C@H](Cc2c[nH]c4ccccc24)N(C)C(=O)[C@H](CCCCN)NC(=O)[C@H](CCCNCCC(=O)O)NCc2cccnc2S3)cc1. The van der Waals surface area contributed by atoms with E-state index < -0.39 is 35.9 Å². The molecule has 5 aromatic rings. The smallest absolute Gasteiger partial charge is 0.304 e. The quantitative estimate of drug-likeness (QED) is 0.0435. The van der Waals surface area contributed by atoms with Crippen molar-refractivity contribution in [3.63, 3.8) is 0 Å². The lowest BCUT2D eigenvalue weighted by Crippen LogP contribution is -2.57. The van der Waals surface area contributed by atoms with Gasteiger partial charge in [0.05, 0.1) is 17.5 Å². The van der Waals surface area contributed by atoms with Gasteiger partial charge in [-0.2, -0.15) is 0 Å². The van der Waals surface area contributed by atoms with Gasteiger partial charge in [-0.25, -0.2) is 4.98 Å². The molecule has 0 bridgehead atoms. The van der Waals surface area contributed by atoms with Crippen LogP contribution in [0.2, 0.25) is 5.02 Å². The highest BCUT2D eigenvalue weighted by Gasteiger charge is 2.34. The van der Waals surface area contributed by atoms with E-state index >= 15 is 0 Å². The minimum Gasteiger partial charge on any atom is -0.481 e. The second-order valence-electron chi connectivity index (χ2n) is 15.8. The predicted octanol–water partition coefficient (Wildman–Crippen LogP) is 5.79. The van der Waals surface area contributed by atoms with Crippen LogP contribution in [-0.2, 0) is 43.5 Å². The van der Waals surface area contributed by atoms with Crippen LogP contribution >= 0.6 is 35.3 Å². The van der Waals surface area contributed by atoms with Crippen molar-refractivity contribution in [2.45, 2.75) is 97.9 Å². The maximum atomic E-state index is 14.8. The van der Waals surface area contributed by atoms with Crippen LogP contribution in [0.25, 0.3) is 22.0 Å². The minimum absolute atomic E-state index is 0.0247. The summed E-state index contributed by atoms with van der Waals surface area (Å²) in [6, 6.07) is 20.2. The second kappa shape index (κ2) is 24.2. The number of pyridine rings is 1. The number of carboxylic acids is 1. The van der Waals surface area contributed by atoms with Gasteiger partial charge in [-0.15, -0.1) is 0 Å². The van der Waals surface area contributed by atoms with Crippen LogP contribution in [0.15, 0.2) is 100 Å². The van der Waals surface area contributed by atoms with Gasteiger partial charge in [-0.1, -0.05) is 65.8 Å². The summed E-state index contributed by atoms with van der Waals surface area (Å²) in [5, 5.41) is 23.9. The summed E-state index contributed by atoms with van der Waals surface area (Å²) < 4.78 is 2.75. The number of carbonyl (C=O) groups excluding carboxylic acids is 4. The van der Waals surface area contributed by atoms with Crippen LogP contribution in [0.4, 0.5) is 0 Å². The summed E-state index contributed by atoms with van der Waals surface area (Å²) in [4.78, 5) is 77.7. The Morgan fingerprint density at radius 3 is 2.51 bits per heavy atom. The standard InChI is InChI=1S/C47H56ClN9O6S2/c1-29(58)56-65-33-16-14-30(15-17-33)34-18-19-37(48)43-36(34)28-54-45(62)41(25-32-27-52-38-11-4-3-10-35(32)38)57(2)47(63)40(12-5-6-21-49)55-44(61)39(13-8-22-50-24-20-42(59)60)53-26-31-9-7-23-51-46(31)64-43/h3-4,7,9-11,14-19,23,27,39-41,50,52-53H,5-6,8,12-13,20-22,24-26,28,49H2,1-2H3,(H,54,62)(H,55,61)(H,56,58)(H,59,60)/t39-,40-,41-/m0/s1. The molecule has 0 spiro atoms. The lowest BCUT2D eigenvalue weighted by molar-refractivity contribution is -0.142. The van der Waals surface area contributed by atoms with Gasteiger partial charge >= 0.3 is 5.97 Å². The molecule has 65 heavy (non-hydrogen) atoms. The topological polar surface area (TPSA) is 224 Å². The number of fused-ring (bicyclic) bond motifs is 3. The van der Waals surface area contributed by atoms with Crippen molar-refractivity contribution < 1.29 is 29.1 Å². The number of nitrogens with two attached hydrogens (primary N) is 1. The molecule has 0 fully saturated rings. The fourth-order valence-corrected chi connectivity index (χ4v) is 9.55. The molecule has 1 aliphatic heterocycles. The van der Waals surface area contributed by atoms with E-state index in [0.717, 1.165) is 43.6 Å². The highest BCUT2D eigenvalue weighted by atomic mass is 35.5. The first-order valence-corrected chi connectivity index (χ1v) is 23.7. The molecule has 9 N–H and O–H groups in total. The third-order valence-electron chi connectivity index (χ3n) is 11.2. The van der Waals surface area contributed by atoms with Crippen LogP contribution in [0.5, 0.6) is 0 Å². The molecule has 0 saturated carbocycles. The van der Waals surface area contributed by atoms with Crippen molar-refractivity contribution >= 4 is 75.8 Å². The van der Waals surface area contributed by atoms with Crippen LogP contribution < -0.4 is 31.7 Å². The summed E-state index contributed by atoms with van der Waals surface area (Å²) in [7, 11) is 1.60. The minimum atomic E-state index is -0.997. The molecule has 4 amide bonds. The van der Waals surface area contributed by atoms with E-state index in [1.807, 2.05) is 79.0 Å². The van der Waals surface area contributed by atoms with Gasteiger partial charge < -0.3 is 42.0 Å². The van der Waals surface area contributed by atoms with Crippen LogP contribution in [0, 0.1) is 0 Å². The van der Waals surface area contributed by atoms with E-state index in [0.29, 0.717) is 66.7 Å². The first-order chi connectivity index (χ1) is 31.4. The lowest BCUT2D eigenvalue weighted by atomic mass is 9.98. The van der Waals surface area contributed by atoms with Crippen molar-refractivity contribution in [1.29, 1.82) is 0 Å². The predicted molar refractivity (Wildman–Crippen MR) is 255 cm³/mol. The van der Waals surface area contributed by atoms with E-state index in [1.165, 1.54) is 35.5 Å². The number of unbranched alkanes of at least 4 members (excludes halogenated alkanes) is 1. The molecule has 3 heterocycles. The number of aromatic amines is 1. The van der Waals surface area contributed by atoms with Crippen molar-refractivity contribution in [3.05, 3.63) is 107 Å². The van der Waals surface area contributed by atoms with Crippen molar-refractivity contribution in [3.8, 4) is 11.1 Å². The first-order valence-electron chi connectivity index (χ1n) is 21.7. The van der Waals surface area contributed by atoms with Crippen molar-refractivity contribution in [2.24, 2.45) is 5.73 Å². The zero-order chi connectivity index (χ0) is 46.3. The van der Waals surface area contributed by atoms with Gasteiger partial charge in [-0.3, -0.25) is 28.7 Å². The number of aliphatic carboxylic acids is 1. The number of nitrogens with zero attached hydrogens (tertiary/aromatic N) is 2. The third kappa shape index (κ3) is 13.6. The number of hydrogen-bond donors (Lipinski definition) is 8. The van der Waals surface area contributed by atoms with Crippen LogP contribution in [0.1, 0.15) is 62.1 Å². The van der Waals surface area contributed by atoms with E-state index in [-0.39, 0.29) is 37.7 Å². The lowest BCUT2D eigenvalue weighted by Gasteiger charge is -2.32. The number of nitrogens with one attached hydrogen (secondary N) is 6. The Morgan fingerprint density at radius 1 is 0.954 bits per heavy atom. The average Bonchev–Trinajstić information content (AvgIpc) is 3.71. The zero-order valence-corrected chi connectivity index (χ0v) is 38.8. The molecule has 6 rings (SSSR count). The second-order valence-corrected chi connectivity index (χ2v) is 18.1. The number of hydrogen-bond acceptors (Lipinski definition) is 11. The highest BCUT2D eigenvalue weighted by molar-refractivity contribution is 7.99. The molecule has 3 aromatic carbocycles. The summed E-state index contributed by atoms with van der Waals surface area (Å²) in [5.74, 6) is -2.27. The molecule has 15 nitrogen and oxygen atoms in total. The maximum absolute atomic E-state index is 14.8. The van der Waals surface area contributed by atoms with Gasteiger partial charge in [0.25, 0.3) is 0 Å². The van der Waals surface area contributed by atoms with Crippen molar-refractivity contribution in [2.75, 3.05) is 26.7 Å². The number of halogens is 1. The highest BCUT2D eigenvalue weighted by Crippen LogP contribution is 2.41. The molecule has 0 radical (unpaired) electrons. The van der Waals surface area contributed by atoms with E-state index in [2.05, 4.69) is 31.0 Å². The van der Waals surface area contributed by atoms with E-state index in [4.69, 9.17) is 27.4 Å². The Balaban J connectivity index is 1.43. The molecular formula is C47H56ClN9O6S2. The Morgan fingerprint density at radius 2 is 1.74 bits per heavy atom.